The summed E-state index contributed by atoms with van der Waals surface area (Å²) >= 11 is 1.25. The Kier molecular flexibility index (Phi) is 4.54. The molecule has 0 bridgehead atoms. The molecule has 0 aliphatic carbocycles. The van der Waals surface area contributed by atoms with Crippen molar-refractivity contribution in [2.24, 2.45) is 4.99 Å². The van der Waals surface area contributed by atoms with Crippen LogP contribution < -0.4 is 0 Å². The van der Waals surface area contributed by atoms with Crippen molar-refractivity contribution in [3.63, 3.8) is 0 Å². The Bertz CT molecular complexity index is 915. The third-order valence-corrected chi connectivity index (χ3v) is 4.82. The molecule has 128 valence electrons. The molecule has 3 rings (SSSR count). The summed E-state index contributed by atoms with van der Waals surface area (Å²) in [4.78, 5) is 30.0. The van der Waals surface area contributed by atoms with Crippen LogP contribution in [0.25, 0.3) is 17.3 Å². The fraction of sp³-hybridized carbons (Fsp3) is 0.176. The minimum absolute atomic E-state index is 0.175. The van der Waals surface area contributed by atoms with Gasteiger partial charge in [0.15, 0.2) is 5.17 Å². The minimum atomic E-state index is -0.360. The molecule has 25 heavy (non-hydrogen) atoms. The van der Waals surface area contributed by atoms with Crippen molar-refractivity contribution in [2.75, 3.05) is 14.1 Å². The van der Waals surface area contributed by atoms with Crippen molar-refractivity contribution in [3.8, 4) is 11.3 Å². The van der Waals surface area contributed by atoms with Crippen LogP contribution in [0.2, 0.25) is 0 Å². The van der Waals surface area contributed by atoms with E-state index < -0.39 is 0 Å². The number of aliphatic imine (C=N–C) groups is 1. The number of carbonyl (C=O) groups is 2. The number of likely N-dealkylation sites (N-methyl/N-ethyl adjacent to an activating group) is 1. The van der Waals surface area contributed by atoms with Crippen molar-refractivity contribution < 1.29 is 14.0 Å². The number of hydrogen-bond donors (Lipinski definition) is 0. The Morgan fingerprint density at radius 1 is 1.32 bits per heavy atom. The fourth-order valence-corrected chi connectivity index (χ4v) is 3.29. The highest BCUT2D eigenvalue weighted by molar-refractivity contribution is 8.18. The SMILES string of the molecule is CN=C1S/C(=C/c2cn(C(C)=O)nc2-c2ccc(F)cc2)C(=O)N1C. The Labute approximate surface area is 148 Å². The molecule has 0 N–H and O–H groups in total. The molecule has 2 aromatic rings. The van der Waals surface area contributed by atoms with E-state index in [1.165, 1.54) is 40.4 Å². The van der Waals surface area contributed by atoms with Crippen molar-refractivity contribution in [2.45, 2.75) is 6.92 Å². The molecule has 1 aromatic heterocycles. The largest absolute Gasteiger partial charge is 0.290 e. The molecule has 2 heterocycles. The molecule has 1 amide bonds. The molecule has 0 saturated carbocycles. The number of nitrogens with zero attached hydrogens (tertiary/aromatic N) is 4. The molecule has 1 fully saturated rings. The number of benzene rings is 1. The van der Waals surface area contributed by atoms with Crippen LogP contribution in [0.3, 0.4) is 0 Å². The molecule has 6 nitrogen and oxygen atoms in total. The van der Waals surface area contributed by atoms with Crippen LogP contribution >= 0.6 is 11.8 Å². The molecule has 0 radical (unpaired) electrons. The van der Waals surface area contributed by atoms with Gasteiger partial charge in [0.2, 0.25) is 5.91 Å². The maximum Gasteiger partial charge on any atom is 0.266 e. The normalized spacial score (nSPS) is 17.8. The number of carbonyl (C=O) groups excluding carboxylic acids is 2. The molecule has 1 aromatic carbocycles. The smallest absolute Gasteiger partial charge is 0.266 e. The first-order chi connectivity index (χ1) is 11.9. The van der Waals surface area contributed by atoms with Gasteiger partial charge in [-0.1, -0.05) is 0 Å². The quantitative estimate of drug-likeness (QED) is 0.774. The lowest BCUT2D eigenvalue weighted by Crippen LogP contribution is -2.23. The summed E-state index contributed by atoms with van der Waals surface area (Å²) in [6.07, 6.45) is 3.23. The zero-order valence-corrected chi connectivity index (χ0v) is 14.7. The number of amidine groups is 1. The summed E-state index contributed by atoms with van der Waals surface area (Å²) in [6.45, 7) is 1.39. The Morgan fingerprint density at radius 3 is 2.56 bits per heavy atom. The molecule has 1 saturated heterocycles. The summed E-state index contributed by atoms with van der Waals surface area (Å²) in [5.74, 6) is -0.792. The van der Waals surface area contributed by atoms with Gasteiger partial charge in [0.1, 0.15) is 11.5 Å². The van der Waals surface area contributed by atoms with Gasteiger partial charge >= 0.3 is 0 Å². The van der Waals surface area contributed by atoms with Crippen molar-refractivity contribution in [1.82, 2.24) is 14.7 Å². The molecular formula is C17H15FN4O2S. The lowest BCUT2D eigenvalue weighted by atomic mass is 10.1. The second-order valence-electron chi connectivity index (χ2n) is 5.38. The highest BCUT2D eigenvalue weighted by atomic mass is 32.2. The fourth-order valence-electron chi connectivity index (χ4n) is 2.38. The van der Waals surface area contributed by atoms with Gasteiger partial charge in [0, 0.05) is 38.3 Å². The number of amides is 1. The highest BCUT2D eigenvalue weighted by Crippen LogP contribution is 2.33. The molecular weight excluding hydrogens is 343 g/mol. The topological polar surface area (TPSA) is 67.6 Å². The zero-order valence-electron chi connectivity index (χ0n) is 13.9. The van der Waals surface area contributed by atoms with Crippen LogP contribution in [-0.2, 0) is 4.79 Å². The van der Waals surface area contributed by atoms with E-state index in [1.807, 2.05) is 0 Å². The average molecular weight is 358 g/mol. The number of thioether (sulfide) groups is 1. The van der Waals surface area contributed by atoms with E-state index in [4.69, 9.17) is 0 Å². The summed E-state index contributed by atoms with van der Waals surface area (Å²) in [5, 5.41) is 4.87. The zero-order chi connectivity index (χ0) is 18.1. The van der Waals surface area contributed by atoms with E-state index in [9.17, 15) is 14.0 Å². The van der Waals surface area contributed by atoms with Gasteiger partial charge in [-0.05, 0) is 42.1 Å². The second kappa shape index (κ2) is 6.64. The third kappa shape index (κ3) is 3.25. The molecule has 1 aliphatic rings. The first kappa shape index (κ1) is 17.1. The average Bonchev–Trinajstić information content (AvgIpc) is 3.12. The van der Waals surface area contributed by atoms with E-state index in [-0.39, 0.29) is 17.6 Å². The van der Waals surface area contributed by atoms with Gasteiger partial charge < -0.3 is 0 Å². The third-order valence-electron chi connectivity index (χ3n) is 3.66. The lowest BCUT2D eigenvalue weighted by Gasteiger charge is -2.05. The van der Waals surface area contributed by atoms with Gasteiger partial charge in [-0.3, -0.25) is 19.5 Å². The van der Waals surface area contributed by atoms with Crippen LogP contribution in [0.5, 0.6) is 0 Å². The number of aromatic nitrogens is 2. The predicted octanol–water partition coefficient (Wildman–Crippen LogP) is 2.88. The Balaban J connectivity index is 2.09. The van der Waals surface area contributed by atoms with Crippen LogP contribution in [0.4, 0.5) is 4.39 Å². The van der Waals surface area contributed by atoms with Gasteiger partial charge in [-0.2, -0.15) is 5.10 Å². The lowest BCUT2D eigenvalue weighted by molar-refractivity contribution is -0.121. The van der Waals surface area contributed by atoms with E-state index in [2.05, 4.69) is 10.1 Å². The van der Waals surface area contributed by atoms with E-state index in [0.717, 1.165) is 0 Å². The summed E-state index contributed by atoms with van der Waals surface area (Å²) in [6, 6.07) is 5.81. The number of hydrogen-bond acceptors (Lipinski definition) is 5. The van der Waals surface area contributed by atoms with Crippen molar-refractivity contribution in [3.05, 3.63) is 46.7 Å². The standard InChI is InChI=1S/C17H15FN4O2S/c1-10(23)22-9-12(8-14-16(24)21(3)17(19-2)25-14)15(20-22)11-4-6-13(18)7-5-11/h4-9H,1-3H3/b14-8+,19-17?. The van der Waals surface area contributed by atoms with E-state index in [0.29, 0.717) is 26.9 Å². The molecule has 0 spiro atoms. The van der Waals surface area contributed by atoms with Gasteiger partial charge in [0.05, 0.1) is 4.91 Å². The molecule has 0 unspecified atom stereocenters. The van der Waals surface area contributed by atoms with E-state index >= 15 is 0 Å². The first-order valence-electron chi connectivity index (χ1n) is 7.41. The monoisotopic (exact) mass is 358 g/mol. The van der Waals surface area contributed by atoms with Crippen LogP contribution in [0.1, 0.15) is 17.3 Å². The maximum atomic E-state index is 13.2. The molecule has 1 aliphatic heterocycles. The maximum absolute atomic E-state index is 13.2. The summed E-state index contributed by atoms with van der Waals surface area (Å²) in [5.41, 5.74) is 1.76. The summed E-state index contributed by atoms with van der Waals surface area (Å²) < 4.78 is 14.4. The molecule has 8 heteroatoms. The second-order valence-corrected chi connectivity index (χ2v) is 6.39. The highest BCUT2D eigenvalue weighted by Gasteiger charge is 2.30. The minimum Gasteiger partial charge on any atom is -0.290 e. The Morgan fingerprint density at radius 2 is 2.00 bits per heavy atom. The Hall–Kier alpha value is -2.74. The molecule has 0 atom stereocenters. The summed E-state index contributed by atoms with van der Waals surface area (Å²) in [7, 11) is 3.27. The van der Waals surface area contributed by atoms with E-state index in [1.54, 1.807) is 38.5 Å². The number of halogens is 1. The van der Waals surface area contributed by atoms with Gasteiger partial charge in [0.25, 0.3) is 5.91 Å². The first-order valence-corrected chi connectivity index (χ1v) is 8.23. The van der Waals surface area contributed by atoms with Gasteiger partial charge in [-0.15, -0.1) is 0 Å². The van der Waals surface area contributed by atoms with Gasteiger partial charge in [-0.25, -0.2) is 9.07 Å². The van der Waals surface area contributed by atoms with Crippen LogP contribution in [0, 0.1) is 5.82 Å². The van der Waals surface area contributed by atoms with Crippen LogP contribution in [-0.4, -0.2) is 45.8 Å². The van der Waals surface area contributed by atoms with Crippen LogP contribution in [0.15, 0.2) is 40.4 Å². The number of rotatable bonds is 2. The van der Waals surface area contributed by atoms with Crippen molar-refractivity contribution >= 4 is 34.8 Å². The predicted molar refractivity (Wildman–Crippen MR) is 95.6 cm³/mol. The van der Waals surface area contributed by atoms with Crippen molar-refractivity contribution in [1.29, 1.82) is 0 Å².